The first-order chi connectivity index (χ1) is 7.61. The number of benzene rings is 1. The first kappa shape index (κ1) is 10.2. The van der Waals surface area contributed by atoms with Crippen LogP contribution in [0.1, 0.15) is 16.2 Å². The van der Waals surface area contributed by atoms with Crippen molar-refractivity contribution in [2.24, 2.45) is 5.73 Å². The average molecular weight is 216 g/mol. The number of hydrogen-bond acceptors (Lipinski definition) is 3. The minimum atomic E-state index is -0.504. The van der Waals surface area contributed by atoms with Crippen LogP contribution in [0.3, 0.4) is 0 Å². The van der Waals surface area contributed by atoms with E-state index < -0.39 is 5.91 Å². The molecule has 0 bridgehead atoms. The lowest BCUT2D eigenvalue weighted by molar-refractivity contribution is 0.100. The smallest absolute Gasteiger partial charge is 0.250 e. The van der Waals surface area contributed by atoms with Crippen molar-refractivity contribution in [3.05, 3.63) is 42.0 Å². The number of para-hydroxylation sites is 1. The lowest BCUT2D eigenvalue weighted by Crippen LogP contribution is -2.16. The number of aromatic nitrogens is 2. The number of carbonyl (C=O) groups is 1. The van der Waals surface area contributed by atoms with Crippen LogP contribution in [-0.2, 0) is 0 Å². The Balaban J connectivity index is 2.73. The van der Waals surface area contributed by atoms with Crippen LogP contribution in [0.25, 0.3) is 5.69 Å². The third-order valence-corrected chi connectivity index (χ3v) is 2.40. The molecule has 1 aromatic carbocycles. The van der Waals surface area contributed by atoms with Gasteiger partial charge in [-0.2, -0.15) is 0 Å². The number of imidazole rings is 1. The second-order valence-electron chi connectivity index (χ2n) is 3.45. The van der Waals surface area contributed by atoms with Gasteiger partial charge in [0.1, 0.15) is 5.82 Å². The molecule has 0 aliphatic heterocycles. The van der Waals surface area contributed by atoms with Crippen molar-refractivity contribution in [1.29, 1.82) is 0 Å². The van der Waals surface area contributed by atoms with Crippen LogP contribution in [0.2, 0.25) is 0 Å². The Morgan fingerprint density at radius 2 is 2.19 bits per heavy atom. The monoisotopic (exact) mass is 216 g/mol. The van der Waals surface area contributed by atoms with Gasteiger partial charge in [-0.05, 0) is 19.1 Å². The van der Waals surface area contributed by atoms with E-state index in [0.717, 1.165) is 5.82 Å². The van der Waals surface area contributed by atoms with Gasteiger partial charge in [0, 0.05) is 12.4 Å². The quantitative estimate of drug-likeness (QED) is 0.730. The van der Waals surface area contributed by atoms with E-state index in [4.69, 9.17) is 11.5 Å². The molecule has 0 atom stereocenters. The number of hydrogen-bond donors (Lipinski definition) is 2. The molecule has 2 aromatic rings. The number of carbonyl (C=O) groups excluding carboxylic acids is 1. The van der Waals surface area contributed by atoms with Gasteiger partial charge in [0.2, 0.25) is 0 Å². The van der Waals surface area contributed by atoms with Crippen LogP contribution in [0, 0.1) is 6.92 Å². The molecule has 82 valence electrons. The first-order valence-corrected chi connectivity index (χ1v) is 4.80. The standard InChI is InChI=1S/C11H12N4O/c1-7-14-5-6-15(7)10-8(11(13)16)3-2-4-9(10)12/h2-6H,12H2,1H3,(H2,13,16). The van der Waals surface area contributed by atoms with E-state index in [9.17, 15) is 4.79 Å². The van der Waals surface area contributed by atoms with Crippen LogP contribution >= 0.6 is 0 Å². The van der Waals surface area contributed by atoms with Crippen LogP contribution in [0.5, 0.6) is 0 Å². The van der Waals surface area contributed by atoms with Crippen molar-refractivity contribution in [2.75, 3.05) is 5.73 Å². The summed E-state index contributed by atoms with van der Waals surface area (Å²) in [7, 11) is 0. The molecule has 5 nitrogen and oxygen atoms in total. The summed E-state index contributed by atoms with van der Waals surface area (Å²) in [6.45, 7) is 1.83. The highest BCUT2D eigenvalue weighted by Crippen LogP contribution is 2.22. The van der Waals surface area contributed by atoms with E-state index in [1.54, 1.807) is 35.2 Å². The molecular formula is C11H12N4O. The summed E-state index contributed by atoms with van der Waals surface area (Å²) in [5, 5.41) is 0. The Kier molecular flexibility index (Phi) is 2.36. The maximum atomic E-state index is 11.3. The van der Waals surface area contributed by atoms with Gasteiger partial charge in [0.05, 0.1) is 16.9 Å². The van der Waals surface area contributed by atoms with Gasteiger partial charge in [-0.25, -0.2) is 4.98 Å². The molecule has 4 N–H and O–H groups in total. The molecule has 5 heteroatoms. The van der Waals surface area contributed by atoms with Crippen LogP contribution < -0.4 is 11.5 Å². The largest absolute Gasteiger partial charge is 0.397 e. The summed E-state index contributed by atoms with van der Waals surface area (Å²) in [5.41, 5.74) is 12.6. The van der Waals surface area contributed by atoms with Crippen molar-refractivity contribution >= 4 is 11.6 Å². The van der Waals surface area contributed by atoms with Crippen molar-refractivity contribution in [2.45, 2.75) is 6.92 Å². The normalized spacial score (nSPS) is 10.3. The maximum Gasteiger partial charge on any atom is 0.250 e. The van der Waals surface area contributed by atoms with Crippen molar-refractivity contribution in [1.82, 2.24) is 9.55 Å². The number of primary amides is 1. The van der Waals surface area contributed by atoms with Gasteiger partial charge in [0.25, 0.3) is 5.91 Å². The fourth-order valence-electron chi connectivity index (χ4n) is 1.64. The maximum absolute atomic E-state index is 11.3. The molecule has 0 saturated carbocycles. The van der Waals surface area contributed by atoms with Gasteiger partial charge in [-0.15, -0.1) is 0 Å². The lowest BCUT2D eigenvalue weighted by Gasteiger charge is -2.12. The van der Waals surface area contributed by atoms with Crippen LogP contribution in [0.4, 0.5) is 5.69 Å². The van der Waals surface area contributed by atoms with Crippen molar-refractivity contribution < 1.29 is 4.79 Å². The number of amides is 1. The summed E-state index contributed by atoms with van der Waals surface area (Å²) in [4.78, 5) is 15.4. The Morgan fingerprint density at radius 1 is 1.44 bits per heavy atom. The molecule has 0 radical (unpaired) electrons. The van der Waals surface area contributed by atoms with Gasteiger partial charge in [-0.1, -0.05) is 6.07 Å². The zero-order valence-electron chi connectivity index (χ0n) is 8.84. The topological polar surface area (TPSA) is 86.9 Å². The van der Waals surface area contributed by atoms with E-state index in [-0.39, 0.29) is 0 Å². The number of nitrogen functional groups attached to an aromatic ring is 1. The van der Waals surface area contributed by atoms with E-state index >= 15 is 0 Å². The molecule has 0 aliphatic carbocycles. The molecule has 1 amide bonds. The fourth-order valence-corrected chi connectivity index (χ4v) is 1.64. The molecule has 0 saturated heterocycles. The third kappa shape index (κ3) is 1.52. The molecule has 16 heavy (non-hydrogen) atoms. The van der Waals surface area contributed by atoms with E-state index in [1.165, 1.54) is 0 Å². The molecule has 1 heterocycles. The highest BCUT2D eigenvalue weighted by molar-refractivity contribution is 5.98. The molecule has 0 aliphatic rings. The van der Waals surface area contributed by atoms with Gasteiger partial charge >= 0.3 is 0 Å². The average Bonchev–Trinajstić information content (AvgIpc) is 2.64. The second kappa shape index (κ2) is 3.69. The van der Waals surface area contributed by atoms with Crippen molar-refractivity contribution in [3.63, 3.8) is 0 Å². The van der Waals surface area contributed by atoms with E-state index in [2.05, 4.69) is 4.98 Å². The summed E-state index contributed by atoms with van der Waals surface area (Å²) in [6, 6.07) is 5.07. The Labute approximate surface area is 92.7 Å². The number of aryl methyl sites for hydroxylation is 1. The Morgan fingerprint density at radius 3 is 2.75 bits per heavy atom. The number of nitrogens with two attached hydrogens (primary N) is 2. The minimum Gasteiger partial charge on any atom is -0.397 e. The molecule has 0 spiro atoms. The third-order valence-electron chi connectivity index (χ3n) is 2.40. The Hall–Kier alpha value is -2.30. The summed E-state index contributed by atoms with van der Waals surface area (Å²) < 4.78 is 1.75. The summed E-state index contributed by atoms with van der Waals surface area (Å²) in [6.07, 6.45) is 3.39. The number of anilines is 1. The van der Waals surface area contributed by atoms with Crippen LogP contribution in [-0.4, -0.2) is 15.5 Å². The fraction of sp³-hybridized carbons (Fsp3) is 0.0909. The van der Waals surface area contributed by atoms with E-state index in [0.29, 0.717) is 16.9 Å². The SMILES string of the molecule is Cc1nccn1-c1c(N)cccc1C(N)=O. The molecule has 0 unspecified atom stereocenters. The minimum absolute atomic E-state index is 0.390. The van der Waals surface area contributed by atoms with E-state index in [1.807, 2.05) is 6.92 Å². The predicted octanol–water partition coefficient (Wildman–Crippen LogP) is 0.862. The Bertz CT molecular complexity index is 545. The van der Waals surface area contributed by atoms with Gasteiger partial charge < -0.3 is 16.0 Å². The predicted molar refractivity (Wildman–Crippen MR) is 61.2 cm³/mol. The highest BCUT2D eigenvalue weighted by atomic mass is 16.1. The lowest BCUT2D eigenvalue weighted by atomic mass is 10.1. The zero-order chi connectivity index (χ0) is 11.7. The van der Waals surface area contributed by atoms with Gasteiger partial charge in [0.15, 0.2) is 0 Å². The van der Waals surface area contributed by atoms with Gasteiger partial charge in [-0.3, -0.25) is 4.79 Å². The van der Waals surface area contributed by atoms with Crippen molar-refractivity contribution in [3.8, 4) is 5.69 Å². The summed E-state index contributed by atoms with van der Waals surface area (Å²) in [5.74, 6) is 0.246. The number of nitrogens with zero attached hydrogens (tertiary/aromatic N) is 2. The molecular weight excluding hydrogens is 204 g/mol. The second-order valence-corrected chi connectivity index (χ2v) is 3.45. The highest BCUT2D eigenvalue weighted by Gasteiger charge is 2.13. The number of rotatable bonds is 2. The summed E-state index contributed by atoms with van der Waals surface area (Å²) >= 11 is 0. The zero-order valence-corrected chi connectivity index (χ0v) is 8.84. The first-order valence-electron chi connectivity index (χ1n) is 4.80. The van der Waals surface area contributed by atoms with Crippen LogP contribution in [0.15, 0.2) is 30.6 Å². The molecule has 0 fully saturated rings. The molecule has 2 rings (SSSR count). The molecule has 1 aromatic heterocycles.